The summed E-state index contributed by atoms with van der Waals surface area (Å²) in [4.78, 5) is 0. The summed E-state index contributed by atoms with van der Waals surface area (Å²) in [5, 5.41) is 9.14. The van der Waals surface area contributed by atoms with Crippen LogP contribution in [0.15, 0.2) is 30.3 Å². The fourth-order valence-electron chi connectivity index (χ4n) is 1.87. The van der Waals surface area contributed by atoms with Crippen LogP contribution >= 0.6 is 0 Å². The molecule has 0 spiro atoms. The number of halogens is 6. The minimum absolute atomic E-state index is 0.00746. The van der Waals surface area contributed by atoms with Gasteiger partial charge in [-0.3, -0.25) is 0 Å². The van der Waals surface area contributed by atoms with Crippen molar-refractivity contribution in [2.45, 2.75) is 25.8 Å². The molecule has 1 aromatic heterocycles. The van der Waals surface area contributed by atoms with Gasteiger partial charge in [0.15, 0.2) is 12.3 Å². The first-order valence-corrected chi connectivity index (χ1v) is 6.98. The average molecular weight is 365 g/mol. The predicted molar refractivity (Wildman–Crippen MR) is 77.1 cm³/mol. The fourth-order valence-corrected chi connectivity index (χ4v) is 1.87. The number of alkyl halides is 6. The Hall–Kier alpha value is -2.52. The maximum atomic E-state index is 12.4. The number of nitrogens with zero attached hydrogens (tertiary/aromatic N) is 2. The zero-order valence-corrected chi connectivity index (χ0v) is 12.9. The van der Waals surface area contributed by atoms with Crippen LogP contribution in [0.25, 0.3) is 0 Å². The minimum Gasteiger partial charge on any atom is -0.484 e. The summed E-state index contributed by atoms with van der Waals surface area (Å²) in [7, 11) is 0. The second-order valence-electron chi connectivity index (χ2n) is 5.17. The molecule has 1 N–H and O–H groups in total. The molecule has 1 heterocycles. The molecule has 25 heavy (non-hydrogen) atoms. The highest BCUT2D eigenvalue weighted by Gasteiger charge is 2.33. The van der Waals surface area contributed by atoms with E-state index >= 15 is 0 Å². The van der Waals surface area contributed by atoms with E-state index in [0.717, 1.165) is 12.1 Å². The van der Waals surface area contributed by atoms with Crippen LogP contribution in [-0.4, -0.2) is 23.0 Å². The van der Waals surface area contributed by atoms with Gasteiger partial charge in [-0.2, -0.15) is 26.3 Å². The van der Waals surface area contributed by atoms with E-state index in [1.54, 1.807) is 19.1 Å². The predicted octanol–water partition coefficient (Wildman–Crippen LogP) is 4.36. The average Bonchev–Trinajstić information content (AvgIpc) is 2.51. The first-order chi connectivity index (χ1) is 11.5. The molecule has 0 aliphatic rings. The van der Waals surface area contributed by atoms with E-state index in [9.17, 15) is 26.3 Å². The van der Waals surface area contributed by atoms with Crippen LogP contribution in [0.1, 0.15) is 16.8 Å². The Morgan fingerprint density at radius 3 is 2.28 bits per heavy atom. The quantitative estimate of drug-likeness (QED) is 0.800. The lowest BCUT2D eigenvalue weighted by molar-refractivity contribution is -0.153. The lowest BCUT2D eigenvalue weighted by atomic mass is 10.1. The van der Waals surface area contributed by atoms with Gasteiger partial charge in [-0.05, 0) is 30.7 Å². The Balaban J connectivity index is 2.07. The summed E-state index contributed by atoms with van der Waals surface area (Å²) in [6.07, 6.45) is -9.07. The topological polar surface area (TPSA) is 47.0 Å². The van der Waals surface area contributed by atoms with Gasteiger partial charge in [0, 0.05) is 12.1 Å². The van der Waals surface area contributed by atoms with Gasteiger partial charge in [0.05, 0.1) is 0 Å². The standard InChI is InChI=1S/C15H13F6N3O/c1-9-2-3-10(11(6-9)25-8-14(16,17)18)7-22-13-5-4-12(23-24-13)15(19,20)21/h2-6H,7-8H2,1H3,(H,22,24). The van der Waals surface area contributed by atoms with Crippen molar-refractivity contribution < 1.29 is 31.1 Å². The first-order valence-electron chi connectivity index (χ1n) is 6.98. The molecule has 0 aliphatic heterocycles. The van der Waals surface area contributed by atoms with Crippen molar-refractivity contribution in [3.05, 3.63) is 47.2 Å². The zero-order valence-electron chi connectivity index (χ0n) is 12.9. The second kappa shape index (κ2) is 7.16. The molecule has 10 heteroatoms. The Kier molecular flexibility index (Phi) is 5.39. The number of rotatable bonds is 5. The van der Waals surface area contributed by atoms with E-state index in [-0.39, 0.29) is 18.1 Å². The smallest absolute Gasteiger partial charge is 0.435 e. The maximum absolute atomic E-state index is 12.4. The van der Waals surface area contributed by atoms with E-state index < -0.39 is 24.7 Å². The maximum Gasteiger partial charge on any atom is 0.435 e. The van der Waals surface area contributed by atoms with Crippen LogP contribution in [0.4, 0.5) is 32.2 Å². The number of anilines is 1. The van der Waals surface area contributed by atoms with Crippen LogP contribution < -0.4 is 10.1 Å². The number of aromatic nitrogens is 2. The fraction of sp³-hybridized carbons (Fsp3) is 0.333. The Bertz CT molecular complexity index is 713. The molecule has 1 aromatic carbocycles. The van der Waals surface area contributed by atoms with Crippen molar-refractivity contribution in [2.75, 3.05) is 11.9 Å². The lowest BCUT2D eigenvalue weighted by Crippen LogP contribution is -2.20. The van der Waals surface area contributed by atoms with Crippen molar-refractivity contribution in [1.29, 1.82) is 0 Å². The van der Waals surface area contributed by atoms with Gasteiger partial charge < -0.3 is 10.1 Å². The van der Waals surface area contributed by atoms with E-state index in [4.69, 9.17) is 4.74 Å². The van der Waals surface area contributed by atoms with Crippen molar-refractivity contribution >= 4 is 5.82 Å². The van der Waals surface area contributed by atoms with Gasteiger partial charge >= 0.3 is 12.4 Å². The molecule has 0 aliphatic carbocycles. The molecule has 2 rings (SSSR count). The van der Waals surface area contributed by atoms with Crippen molar-refractivity contribution in [1.82, 2.24) is 10.2 Å². The molecule has 0 unspecified atom stereocenters. The van der Waals surface area contributed by atoms with E-state index in [1.807, 2.05) is 0 Å². The molecule has 0 amide bonds. The number of hydrogen-bond acceptors (Lipinski definition) is 4. The highest BCUT2D eigenvalue weighted by atomic mass is 19.4. The highest BCUT2D eigenvalue weighted by molar-refractivity contribution is 5.41. The van der Waals surface area contributed by atoms with Crippen molar-refractivity contribution in [3.63, 3.8) is 0 Å². The Labute approximate surface area is 138 Å². The molecule has 0 atom stereocenters. The summed E-state index contributed by atoms with van der Waals surface area (Å²) in [6, 6.07) is 6.52. The zero-order chi connectivity index (χ0) is 18.7. The SMILES string of the molecule is Cc1ccc(CNc2ccc(C(F)(F)F)nn2)c(OCC(F)(F)F)c1. The van der Waals surface area contributed by atoms with Crippen molar-refractivity contribution in [3.8, 4) is 5.75 Å². The molecular weight excluding hydrogens is 352 g/mol. The molecule has 0 bridgehead atoms. The molecule has 2 aromatic rings. The molecule has 0 fully saturated rings. The molecule has 4 nitrogen and oxygen atoms in total. The van der Waals surface area contributed by atoms with E-state index in [1.165, 1.54) is 6.07 Å². The third-order valence-electron chi connectivity index (χ3n) is 3.03. The summed E-state index contributed by atoms with van der Waals surface area (Å²) in [5.74, 6) is 0.0834. The number of ether oxygens (including phenoxy) is 1. The van der Waals surface area contributed by atoms with Gasteiger partial charge in [-0.1, -0.05) is 12.1 Å². The largest absolute Gasteiger partial charge is 0.484 e. The summed E-state index contributed by atoms with van der Waals surface area (Å²) < 4.78 is 78.9. The van der Waals surface area contributed by atoms with Gasteiger partial charge in [0.1, 0.15) is 11.6 Å². The van der Waals surface area contributed by atoms with Crippen LogP contribution in [0.5, 0.6) is 5.75 Å². The summed E-state index contributed by atoms with van der Waals surface area (Å²) in [6.45, 7) is 0.260. The first kappa shape index (κ1) is 18.8. The normalized spacial score (nSPS) is 12.1. The lowest BCUT2D eigenvalue weighted by Gasteiger charge is -2.14. The Morgan fingerprint density at radius 1 is 1.00 bits per heavy atom. The Morgan fingerprint density at radius 2 is 1.72 bits per heavy atom. The molecule has 0 radical (unpaired) electrons. The van der Waals surface area contributed by atoms with Crippen LogP contribution in [-0.2, 0) is 12.7 Å². The van der Waals surface area contributed by atoms with Gasteiger partial charge in [-0.25, -0.2) is 0 Å². The van der Waals surface area contributed by atoms with E-state index in [2.05, 4.69) is 15.5 Å². The van der Waals surface area contributed by atoms with Crippen molar-refractivity contribution in [2.24, 2.45) is 0 Å². The van der Waals surface area contributed by atoms with Gasteiger partial charge in [0.2, 0.25) is 0 Å². The molecule has 136 valence electrons. The number of benzene rings is 1. The van der Waals surface area contributed by atoms with Gasteiger partial charge in [-0.15, -0.1) is 10.2 Å². The van der Waals surface area contributed by atoms with E-state index in [0.29, 0.717) is 11.1 Å². The second-order valence-corrected chi connectivity index (χ2v) is 5.17. The highest BCUT2D eigenvalue weighted by Crippen LogP contribution is 2.27. The molecular formula is C15H13F6N3O. The van der Waals surface area contributed by atoms with Crippen LogP contribution in [0, 0.1) is 6.92 Å². The van der Waals surface area contributed by atoms with Crippen LogP contribution in [0.2, 0.25) is 0 Å². The number of hydrogen-bond donors (Lipinski definition) is 1. The number of nitrogens with one attached hydrogen (secondary N) is 1. The monoisotopic (exact) mass is 365 g/mol. The third kappa shape index (κ3) is 5.80. The number of aryl methyl sites for hydroxylation is 1. The van der Waals surface area contributed by atoms with Gasteiger partial charge in [0.25, 0.3) is 0 Å². The summed E-state index contributed by atoms with van der Waals surface area (Å²) >= 11 is 0. The molecule has 0 saturated heterocycles. The summed E-state index contributed by atoms with van der Waals surface area (Å²) in [5.41, 5.74) is -0.0330. The third-order valence-corrected chi connectivity index (χ3v) is 3.03. The minimum atomic E-state index is -4.60. The molecule has 0 saturated carbocycles. The van der Waals surface area contributed by atoms with Crippen LogP contribution in [0.3, 0.4) is 0 Å².